The molecular formula is C23H28N2O4. The average Bonchev–Trinajstić information content (AvgIpc) is 3.14. The third-order valence-corrected chi connectivity index (χ3v) is 5.40. The van der Waals surface area contributed by atoms with E-state index in [1.165, 1.54) is 0 Å². The van der Waals surface area contributed by atoms with Gasteiger partial charge in [-0.1, -0.05) is 24.3 Å². The smallest absolute Gasteiger partial charge is 0.225 e. The van der Waals surface area contributed by atoms with Crippen LogP contribution in [-0.2, 0) is 16.0 Å². The van der Waals surface area contributed by atoms with Gasteiger partial charge in [-0.25, -0.2) is 0 Å². The minimum Gasteiger partial charge on any atom is -0.497 e. The minimum absolute atomic E-state index is 0.0452. The molecule has 1 fully saturated rings. The van der Waals surface area contributed by atoms with E-state index >= 15 is 0 Å². The molecule has 0 unspecified atom stereocenters. The molecule has 6 nitrogen and oxygen atoms in total. The van der Waals surface area contributed by atoms with Crippen LogP contribution in [0.5, 0.6) is 11.5 Å². The molecule has 0 spiro atoms. The van der Waals surface area contributed by atoms with Gasteiger partial charge in [0.15, 0.2) is 0 Å². The van der Waals surface area contributed by atoms with Gasteiger partial charge in [-0.15, -0.1) is 0 Å². The van der Waals surface area contributed by atoms with E-state index in [2.05, 4.69) is 5.32 Å². The fourth-order valence-electron chi connectivity index (χ4n) is 3.63. The summed E-state index contributed by atoms with van der Waals surface area (Å²) in [5.74, 6) is 1.22. The summed E-state index contributed by atoms with van der Waals surface area (Å²) in [7, 11) is 3.26. The predicted octanol–water partition coefficient (Wildman–Crippen LogP) is 2.97. The zero-order valence-electron chi connectivity index (χ0n) is 17.2. The van der Waals surface area contributed by atoms with E-state index in [-0.39, 0.29) is 30.2 Å². The lowest BCUT2D eigenvalue weighted by atomic mass is 9.97. The molecule has 154 valence electrons. The van der Waals surface area contributed by atoms with Crippen LogP contribution in [0.4, 0.5) is 0 Å². The van der Waals surface area contributed by atoms with Gasteiger partial charge in [0.25, 0.3) is 0 Å². The van der Waals surface area contributed by atoms with Crippen LogP contribution in [-0.4, -0.2) is 44.0 Å². The zero-order chi connectivity index (χ0) is 20.8. The Labute approximate surface area is 171 Å². The molecule has 3 rings (SSSR count). The van der Waals surface area contributed by atoms with Gasteiger partial charge in [-0.2, -0.15) is 0 Å². The summed E-state index contributed by atoms with van der Waals surface area (Å²) in [6.07, 6.45) is 0.914. The molecule has 1 aliphatic heterocycles. The molecular weight excluding hydrogens is 368 g/mol. The predicted molar refractivity (Wildman–Crippen MR) is 111 cm³/mol. The largest absolute Gasteiger partial charge is 0.497 e. The molecule has 2 aromatic rings. The maximum atomic E-state index is 12.9. The zero-order valence-corrected chi connectivity index (χ0v) is 17.2. The maximum absolute atomic E-state index is 12.9. The van der Waals surface area contributed by atoms with Crippen molar-refractivity contribution in [2.24, 2.45) is 5.92 Å². The summed E-state index contributed by atoms with van der Waals surface area (Å²) < 4.78 is 10.5. The third kappa shape index (κ3) is 5.08. The van der Waals surface area contributed by atoms with Gasteiger partial charge in [0.1, 0.15) is 11.5 Å². The Hall–Kier alpha value is -3.02. The lowest BCUT2D eigenvalue weighted by Crippen LogP contribution is -2.36. The van der Waals surface area contributed by atoms with Gasteiger partial charge in [0.2, 0.25) is 11.8 Å². The van der Waals surface area contributed by atoms with Crippen LogP contribution in [0.1, 0.15) is 30.5 Å². The van der Waals surface area contributed by atoms with Crippen molar-refractivity contribution < 1.29 is 19.1 Å². The Balaban J connectivity index is 1.77. The Morgan fingerprint density at radius 3 is 2.17 bits per heavy atom. The van der Waals surface area contributed by atoms with E-state index in [1.807, 2.05) is 55.5 Å². The molecule has 2 amide bonds. The van der Waals surface area contributed by atoms with Gasteiger partial charge in [0.05, 0.1) is 26.2 Å². The Morgan fingerprint density at radius 1 is 1.07 bits per heavy atom. The molecule has 1 N–H and O–H groups in total. The van der Waals surface area contributed by atoms with Crippen molar-refractivity contribution in [3.8, 4) is 11.5 Å². The number of hydrogen-bond acceptors (Lipinski definition) is 4. The normalized spacial score (nSPS) is 17.1. The first-order valence-electron chi connectivity index (χ1n) is 9.89. The van der Waals surface area contributed by atoms with E-state index < -0.39 is 0 Å². The second-order valence-electron chi connectivity index (χ2n) is 7.22. The van der Waals surface area contributed by atoms with Gasteiger partial charge < -0.3 is 19.7 Å². The number of amides is 2. The van der Waals surface area contributed by atoms with Crippen LogP contribution in [0.3, 0.4) is 0 Å². The summed E-state index contributed by atoms with van der Waals surface area (Å²) in [5, 5.41) is 3.17. The number of nitrogens with zero attached hydrogens (tertiary/aromatic N) is 1. The quantitative estimate of drug-likeness (QED) is 0.745. The van der Waals surface area contributed by atoms with Crippen LogP contribution in [0.2, 0.25) is 0 Å². The summed E-state index contributed by atoms with van der Waals surface area (Å²) in [4.78, 5) is 26.7. The molecule has 0 radical (unpaired) electrons. The average molecular weight is 396 g/mol. The molecule has 6 heteroatoms. The highest BCUT2D eigenvalue weighted by Crippen LogP contribution is 2.25. The van der Waals surface area contributed by atoms with Crippen molar-refractivity contribution in [2.45, 2.75) is 25.8 Å². The third-order valence-electron chi connectivity index (χ3n) is 5.40. The second-order valence-corrected chi connectivity index (χ2v) is 7.22. The number of ether oxygens (including phenoxy) is 2. The molecule has 0 bridgehead atoms. The fraction of sp³-hybridized carbons (Fsp3) is 0.391. The number of benzene rings is 2. The van der Waals surface area contributed by atoms with Crippen LogP contribution >= 0.6 is 0 Å². The van der Waals surface area contributed by atoms with Crippen molar-refractivity contribution in [3.63, 3.8) is 0 Å². The van der Waals surface area contributed by atoms with Crippen molar-refractivity contribution >= 4 is 11.8 Å². The number of hydrogen-bond donors (Lipinski definition) is 1. The van der Waals surface area contributed by atoms with E-state index in [0.717, 1.165) is 22.6 Å². The topological polar surface area (TPSA) is 67.9 Å². The molecule has 2 aromatic carbocycles. The minimum atomic E-state index is -0.306. The molecule has 1 aliphatic rings. The first-order valence-corrected chi connectivity index (χ1v) is 9.89. The van der Waals surface area contributed by atoms with E-state index in [4.69, 9.17) is 9.47 Å². The van der Waals surface area contributed by atoms with Gasteiger partial charge in [-0.3, -0.25) is 9.59 Å². The number of rotatable bonds is 8. The second kappa shape index (κ2) is 9.45. The highest BCUT2D eigenvalue weighted by atomic mass is 16.5. The lowest BCUT2D eigenvalue weighted by Gasteiger charge is -2.22. The maximum Gasteiger partial charge on any atom is 0.225 e. The number of carbonyl (C=O) groups excluding carboxylic acids is 2. The number of methoxy groups -OCH3 is 2. The summed E-state index contributed by atoms with van der Waals surface area (Å²) >= 11 is 0. The van der Waals surface area contributed by atoms with Crippen molar-refractivity contribution in [3.05, 3.63) is 59.7 Å². The SMILES string of the molecule is CCN1C[C@@H](C(=O)N[C@@H](Cc2ccc(OC)cc2)c2ccc(OC)cc2)CC1=O. The van der Waals surface area contributed by atoms with Crippen molar-refractivity contribution in [2.75, 3.05) is 27.3 Å². The summed E-state index contributed by atoms with van der Waals surface area (Å²) in [5.41, 5.74) is 2.08. The number of likely N-dealkylation sites (tertiary alicyclic amines) is 1. The number of carbonyl (C=O) groups is 2. The monoisotopic (exact) mass is 396 g/mol. The first-order chi connectivity index (χ1) is 14.0. The van der Waals surface area contributed by atoms with E-state index in [9.17, 15) is 9.59 Å². The standard InChI is InChI=1S/C23H28N2O4/c1-4-25-15-18(14-22(25)26)23(27)24-21(17-7-11-20(29-3)12-8-17)13-16-5-9-19(28-2)10-6-16/h5-12,18,21H,4,13-15H2,1-3H3,(H,24,27)/t18-,21-/m0/s1. The van der Waals surface area contributed by atoms with Crippen molar-refractivity contribution in [1.82, 2.24) is 10.2 Å². The Bertz CT molecular complexity index is 833. The molecule has 0 aliphatic carbocycles. The molecule has 1 heterocycles. The van der Waals surface area contributed by atoms with Gasteiger partial charge in [-0.05, 0) is 48.7 Å². The van der Waals surface area contributed by atoms with E-state index in [1.54, 1.807) is 19.1 Å². The first kappa shape index (κ1) is 20.7. The van der Waals surface area contributed by atoms with Crippen LogP contribution in [0, 0.1) is 5.92 Å². The van der Waals surface area contributed by atoms with Gasteiger partial charge >= 0.3 is 0 Å². The lowest BCUT2D eigenvalue weighted by molar-refractivity contribution is -0.129. The van der Waals surface area contributed by atoms with Crippen LogP contribution in [0.25, 0.3) is 0 Å². The Kier molecular flexibility index (Phi) is 6.75. The summed E-state index contributed by atoms with van der Waals surface area (Å²) in [6, 6.07) is 15.3. The molecule has 0 aromatic heterocycles. The summed E-state index contributed by atoms with van der Waals surface area (Å²) in [6.45, 7) is 3.05. The molecule has 1 saturated heterocycles. The number of nitrogens with one attached hydrogen (secondary N) is 1. The van der Waals surface area contributed by atoms with Crippen molar-refractivity contribution in [1.29, 1.82) is 0 Å². The van der Waals surface area contributed by atoms with Crippen LogP contribution in [0.15, 0.2) is 48.5 Å². The highest BCUT2D eigenvalue weighted by molar-refractivity contribution is 5.89. The molecule has 0 saturated carbocycles. The molecule has 29 heavy (non-hydrogen) atoms. The fourth-order valence-corrected chi connectivity index (χ4v) is 3.63. The highest BCUT2D eigenvalue weighted by Gasteiger charge is 2.34. The van der Waals surface area contributed by atoms with E-state index in [0.29, 0.717) is 19.5 Å². The molecule has 2 atom stereocenters. The Morgan fingerprint density at radius 2 is 1.66 bits per heavy atom. The van der Waals surface area contributed by atoms with Crippen LogP contribution < -0.4 is 14.8 Å². The van der Waals surface area contributed by atoms with Gasteiger partial charge in [0, 0.05) is 19.5 Å².